The fourth-order valence-corrected chi connectivity index (χ4v) is 4.44. The normalized spacial score (nSPS) is 18.4. The van der Waals surface area contributed by atoms with Gasteiger partial charge in [-0.05, 0) is 81.0 Å². The van der Waals surface area contributed by atoms with Crippen molar-refractivity contribution in [3.63, 3.8) is 0 Å². The third kappa shape index (κ3) is 7.62. The number of benzene rings is 2. The molecule has 2 aromatic carbocycles. The van der Waals surface area contributed by atoms with Crippen LogP contribution in [0.2, 0.25) is 10.0 Å². The second-order valence-corrected chi connectivity index (χ2v) is 10.4. The molecule has 4 nitrogen and oxygen atoms in total. The third-order valence-electron chi connectivity index (χ3n) is 5.10. The minimum Gasteiger partial charge on any atom is -0.444 e. The quantitative estimate of drug-likeness (QED) is 0.409. The van der Waals surface area contributed by atoms with E-state index in [4.69, 9.17) is 32.1 Å². The van der Waals surface area contributed by atoms with Gasteiger partial charge in [-0.2, -0.15) is 13.2 Å². The number of nitrogens with one attached hydrogen (secondary N) is 1. The van der Waals surface area contributed by atoms with Crippen LogP contribution in [0.4, 0.5) is 18.0 Å². The van der Waals surface area contributed by atoms with Gasteiger partial charge in [-0.1, -0.05) is 35.3 Å². The monoisotopic (exact) mass is 521 g/mol. The van der Waals surface area contributed by atoms with Gasteiger partial charge >= 0.3 is 11.6 Å². The van der Waals surface area contributed by atoms with Gasteiger partial charge in [-0.3, -0.25) is 0 Å². The van der Waals surface area contributed by atoms with Crippen molar-refractivity contribution in [3.05, 3.63) is 63.1 Å². The summed E-state index contributed by atoms with van der Waals surface area (Å²) in [6.07, 6.45) is 1.24. The Kier molecular flexibility index (Phi) is 8.02. The van der Waals surface area contributed by atoms with Gasteiger partial charge in [0.1, 0.15) is 11.4 Å². The minimum atomic E-state index is -4.52. The van der Waals surface area contributed by atoms with E-state index in [1.54, 1.807) is 45.0 Å². The number of amides is 1. The number of carbonyl (C=O) groups excluding carboxylic acids is 1. The summed E-state index contributed by atoms with van der Waals surface area (Å²) >= 11 is 11.7. The lowest BCUT2D eigenvalue weighted by Crippen LogP contribution is -2.44. The first-order valence-electron chi connectivity index (χ1n) is 10.3. The first-order chi connectivity index (χ1) is 15.3. The first-order valence-corrected chi connectivity index (χ1v) is 11.8. The van der Waals surface area contributed by atoms with Crippen molar-refractivity contribution in [2.45, 2.75) is 63.1 Å². The molecule has 0 aliphatic heterocycles. The number of fused-ring (bicyclic) bond motifs is 1. The Hall–Kier alpha value is -1.77. The highest BCUT2D eigenvalue weighted by molar-refractivity contribution is 7.95. The summed E-state index contributed by atoms with van der Waals surface area (Å²) in [5, 5.41) is 3.77. The molecule has 180 valence electrons. The van der Waals surface area contributed by atoms with Gasteiger partial charge in [0.15, 0.2) is 12.0 Å². The summed E-state index contributed by atoms with van der Waals surface area (Å²) in [5.74, 6) is -0.147. The number of hydrogen-bond donors (Lipinski definition) is 1. The fourth-order valence-electron chi connectivity index (χ4n) is 3.83. The number of hydrogen-bond acceptors (Lipinski definition) is 4. The van der Waals surface area contributed by atoms with Crippen LogP contribution in [-0.2, 0) is 17.6 Å². The lowest BCUT2D eigenvalue weighted by molar-refractivity contribution is -0.0369. The predicted octanol–water partition coefficient (Wildman–Crippen LogP) is 7.71. The van der Waals surface area contributed by atoms with Crippen molar-refractivity contribution in [1.29, 1.82) is 0 Å². The van der Waals surface area contributed by atoms with Crippen LogP contribution in [0.5, 0.6) is 5.75 Å². The van der Waals surface area contributed by atoms with E-state index in [0.717, 1.165) is 16.7 Å². The molecule has 1 amide bonds. The fraction of sp³-hybridized carbons (Fsp3) is 0.435. The summed E-state index contributed by atoms with van der Waals surface area (Å²) in [6, 6.07) is 9.89. The molecular weight excluding hydrogens is 498 g/mol. The summed E-state index contributed by atoms with van der Waals surface area (Å²) < 4.78 is 48.1. The highest BCUT2D eigenvalue weighted by Gasteiger charge is 2.34. The van der Waals surface area contributed by atoms with Gasteiger partial charge in [0.05, 0.1) is 10.0 Å². The molecule has 1 aliphatic carbocycles. The zero-order valence-corrected chi connectivity index (χ0v) is 20.6. The number of ether oxygens (including phenoxy) is 1. The molecule has 2 unspecified atom stereocenters. The second kappa shape index (κ2) is 10.2. The lowest BCUT2D eigenvalue weighted by atomic mass is 9.76. The standard InChI is InChI=1S/C23H24Cl2F3NO3S/c1-22(2,3)31-21(30)29-20-9-6-14-5-7-15(32-33-23(26,27)28)12-16(14)17(20)10-13-4-8-18(24)19(25)11-13/h4-5,7-8,11-12,17,20H,6,9-10H2,1-3H3,(H,29,30). The number of carbonyl (C=O) groups is 1. The molecule has 0 bridgehead atoms. The van der Waals surface area contributed by atoms with Gasteiger partial charge in [0.2, 0.25) is 0 Å². The molecule has 2 aromatic rings. The average Bonchev–Trinajstić information content (AvgIpc) is 2.69. The Morgan fingerprint density at radius 1 is 1.12 bits per heavy atom. The van der Waals surface area contributed by atoms with E-state index in [1.807, 2.05) is 6.07 Å². The van der Waals surface area contributed by atoms with Crippen molar-refractivity contribution < 1.29 is 26.9 Å². The van der Waals surface area contributed by atoms with E-state index < -0.39 is 29.2 Å². The molecule has 0 saturated carbocycles. The topological polar surface area (TPSA) is 47.6 Å². The van der Waals surface area contributed by atoms with Crippen LogP contribution in [0.25, 0.3) is 0 Å². The van der Waals surface area contributed by atoms with Gasteiger partial charge in [-0.15, -0.1) is 0 Å². The van der Waals surface area contributed by atoms with Gasteiger partial charge < -0.3 is 14.2 Å². The molecule has 33 heavy (non-hydrogen) atoms. The van der Waals surface area contributed by atoms with Crippen molar-refractivity contribution in [2.75, 3.05) is 0 Å². The molecule has 0 spiro atoms. The minimum absolute atomic E-state index is 0.0909. The number of halogens is 5. The number of aryl methyl sites for hydroxylation is 1. The van der Waals surface area contributed by atoms with Gasteiger partial charge in [-0.25, -0.2) is 4.79 Å². The van der Waals surface area contributed by atoms with E-state index in [2.05, 4.69) is 5.32 Å². The predicted molar refractivity (Wildman–Crippen MR) is 125 cm³/mol. The second-order valence-electron chi connectivity index (χ2n) is 8.82. The number of alkyl carbamates (subject to hydrolysis) is 1. The number of rotatable bonds is 5. The van der Waals surface area contributed by atoms with Crippen LogP contribution < -0.4 is 9.50 Å². The Morgan fingerprint density at radius 3 is 2.48 bits per heavy atom. The van der Waals surface area contributed by atoms with Gasteiger partial charge in [0.25, 0.3) is 0 Å². The summed E-state index contributed by atoms with van der Waals surface area (Å²) in [6.45, 7) is 5.33. The zero-order chi connectivity index (χ0) is 24.4. The maximum Gasteiger partial charge on any atom is 0.479 e. The van der Waals surface area contributed by atoms with Crippen molar-refractivity contribution in [2.24, 2.45) is 0 Å². The molecule has 1 N–H and O–H groups in total. The Bertz CT molecular complexity index is 1010. The van der Waals surface area contributed by atoms with E-state index in [0.29, 0.717) is 29.3 Å². The molecule has 0 saturated heterocycles. The van der Waals surface area contributed by atoms with E-state index in [1.165, 1.54) is 6.07 Å². The average molecular weight is 522 g/mol. The molecular formula is C23H24Cl2F3NO3S. The SMILES string of the molecule is CC(C)(C)OC(=O)NC1CCc2ccc(OSC(F)(F)F)cc2C1Cc1ccc(Cl)c(Cl)c1. The van der Waals surface area contributed by atoms with Crippen molar-refractivity contribution in [1.82, 2.24) is 5.32 Å². The van der Waals surface area contributed by atoms with Gasteiger partial charge in [0, 0.05) is 12.0 Å². The summed E-state index contributed by atoms with van der Waals surface area (Å²) in [4.78, 5) is 12.5. The van der Waals surface area contributed by atoms with Crippen LogP contribution in [-0.4, -0.2) is 23.2 Å². The maximum absolute atomic E-state index is 12.6. The molecule has 1 aliphatic rings. The third-order valence-corrected chi connectivity index (χ3v) is 6.31. The Labute approximate surface area is 205 Å². The van der Waals surface area contributed by atoms with Crippen LogP contribution in [0, 0.1) is 0 Å². The van der Waals surface area contributed by atoms with E-state index in [-0.39, 0.29) is 17.7 Å². The highest BCUT2D eigenvalue weighted by Crippen LogP contribution is 2.39. The molecule has 0 fully saturated rings. The smallest absolute Gasteiger partial charge is 0.444 e. The molecule has 0 aromatic heterocycles. The maximum atomic E-state index is 12.6. The molecule has 10 heteroatoms. The molecule has 0 radical (unpaired) electrons. The molecule has 0 heterocycles. The lowest BCUT2D eigenvalue weighted by Gasteiger charge is -2.35. The Balaban J connectivity index is 1.91. The van der Waals surface area contributed by atoms with E-state index >= 15 is 0 Å². The summed E-state index contributed by atoms with van der Waals surface area (Å²) in [5.41, 5.74) is -2.49. The molecule has 2 atom stereocenters. The molecule has 3 rings (SSSR count). The van der Waals surface area contributed by atoms with Crippen LogP contribution in [0.15, 0.2) is 36.4 Å². The first kappa shape index (κ1) is 25.8. The van der Waals surface area contributed by atoms with Crippen LogP contribution in [0.1, 0.15) is 49.8 Å². The van der Waals surface area contributed by atoms with Crippen molar-refractivity contribution >= 4 is 41.3 Å². The van der Waals surface area contributed by atoms with Crippen molar-refractivity contribution in [3.8, 4) is 5.75 Å². The number of alkyl halides is 3. The highest BCUT2D eigenvalue weighted by atomic mass is 35.5. The zero-order valence-electron chi connectivity index (χ0n) is 18.3. The van der Waals surface area contributed by atoms with Crippen LogP contribution in [0.3, 0.4) is 0 Å². The summed E-state index contributed by atoms with van der Waals surface area (Å²) in [7, 11) is 0. The van der Waals surface area contributed by atoms with Crippen LogP contribution >= 0.6 is 35.2 Å². The Morgan fingerprint density at radius 2 is 1.85 bits per heavy atom. The largest absolute Gasteiger partial charge is 0.479 e. The van der Waals surface area contributed by atoms with E-state index in [9.17, 15) is 18.0 Å².